The Morgan fingerprint density at radius 3 is 2.52 bits per heavy atom. The number of amides is 4. The average Bonchev–Trinajstić information content (AvgIpc) is 3.13. The van der Waals surface area contributed by atoms with Gasteiger partial charge in [-0.25, -0.2) is 0 Å². The molecule has 3 fully saturated rings. The minimum absolute atomic E-state index is 0.0521. The van der Waals surface area contributed by atoms with E-state index in [1.165, 1.54) is 14.2 Å². The molecule has 6 atom stereocenters. The molecule has 1 saturated carbocycles. The standard InChI is InChI=1S/C22H19Cl2IN2O6/c1-27-19(31)21(23)7-11-9(3-4-10-14(11)18(30)26-17(10)29)15(22(21,24)20(27)32)8-5-12(25)16(28)13(6-8)33-2/h3,5-6,10-11,14-15,28H,4,7H2,1-2H3,(H,26,29,30)/t10-,11+,14-,15-,21+,22-/m0/s1. The van der Waals surface area contributed by atoms with Gasteiger partial charge in [0.25, 0.3) is 11.8 Å². The van der Waals surface area contributed by atoms with E-state index in [2.05, 4.69) is 5.32 Å². The van der Waals surface area contributed by atoms with Crippen LogP contribution in [0.2, 0.25) is 0 Å². The predicted octanol–water partition coefficient (Wildman–Crippen LogP) is 2.28. The van der Waals surface area contributed by atoms with Crippen molar-refractivity contribution in [3.8, 4) is 11.5 Å². The minimum Gasteiger partial charge on any atom is -0.504 e. The Labute approximate surface area is 212 Å². The van der Waals surface area contributed by atoms with Gasteiger partial charge in [0.1, 0.15) is 0 Å². The summed E-state index contributed by atoms with van der Waals surface area (Å²) >= 11 is 16.0. The molecule has 0 radical (unpaired) electrons. The van der Waals surface area contributed by atoms with Gasteiger partial charge in [0.15, 0.2) is 21.2 Å². The van der Waals surface area contributed by atoms with Crippen LogP contribution >= 0.6 is 45.8 Å². The van der Waals surface area contributed by atoms with E-state index < -0.39 is 51.1 Å². The largest absolute Gasteiger partial charge is 0.504 e. The monoisotopic (exact) mass is 604 g/mol. The Hall–Kier alpha value is -1.85. The average molecular weight is 605 g/mol. The summed E-state index contributed by atoms with van der Waals surface area (Å²) < 4.78 is 5.77. The predicted molar refractivity (Wildman–Crippen MR) is 126 cm³/mol. The van der Waals surface area contributed by atoms with Crippen LogP contribution in [-0.4, -0.2) is 57.5 Å². The van der Waals surface area contributed by atoms with Crippen LogP contribution in [0.5, 0.6) is 11.5 Å². The zero-order chi connectivity index (χ0) is 24.0. The number of benzene rings is 1. The quantitative estimate of drug-likeness (QED) is 0.232. The Morgan fingerprint density at radius 2 is 1.85 bits per heavy atom. The van der Waals surface area contributed by atoms with Crippen molar-refractivity contribution in [2.45, 2.75) is 28.5 Å². The van der Waals surface area contributed by atoms with E-state index >= 15 is 0 Å². The first-order valence-electron chi connectivity index (χ1n) is 10.3. The van der Waals surface area contributed by atoms with E-state index in [1.807, 2.05) is 28.7 Å². The number of fused-ring (bicyclic) bond motifs is 4. The first-order chi connectivity index (χ1) is 15.5. The van der Waals surface area contributed by atoms with Crippen LogP contribution in [0.3, 0.4) is 0 Å². The number of nitrogens with zero attached hydrogens (tertiary/aromatic N) is 1. The number of alkyl halides is 2. The number of imide groups is 2. The molecule has 1 aromatic carbocycles. The van der Waals surface area contributed by atoms with Crippen molar-refractivity contribution in [2.75, 3.05) is 14.2 Å². The molecule has 8 nitrogen and oxygen atoms in total. The van der Waals surface area contributed by atoms with E-state index in [0.717, 1.165) is 4.90 Å². The Bertz CT molecular complexity index is 1190. The van der Waals surface area contributed by atoms with E-state index in [4.69, 9.17) is 27.9 Å². The molecule has 0 bridgehead atoms. The number of aromatic hydroxyl groups is 1. The maximum Gasteiger partial charge on any atom is 0.253 e. The van der Waals surface area contributed by atoms with Gasteiger partial charge in [0.05, 0.1) is 22.5 Å². The molecule has 2 saturated heterocycles. The number of nitrogens with one attached hydrogen (secondary N) is 1. The molecule has 0 spiro atoms. The van der Waals surface area contributed by atoms with Gasteiger partial charge in [-0.3, -0.25) is 29.4 Å². The normalized spacial score (nSPS) is 37.4. The van der Waals surface area contributed by atoms with Crippen LogP contribution in [0.25, 0.3) is 0 Å². The summed E-state index contributed by atoms with van der Waals surface area (Å²) in [6, 6.07) is 3.23. The van der Waals surface area contributed by atoms with Crippen molar-refractivity contribution >= 4 is 69.4 Å². The van der Waals surface area contributed by atoms with Gasteiger partial charge in [0.2, 0.25) is 11.8 Å². The van der Waals surface area contributed by atoms with Gasteiger partial charge < -0.3 is 9.84 Å². The number of ether oxygens (including phenoxy) is 1. The highest BCUT2D eigenvalue weighted by molar-refractivity contribution is 14.1. The third kappa shape index (κ3) is 2.75. The second-order valence-electron chi connectivity index (χ2n) is 8.91. The molecular formula is C22H19Cl2IN2O6. The summed E-state index contributed by atoms with van der Waals surface area (Å²) in [6.45, 7) is 0. The van der Waals surface area contributed by atoms with Gasteiger partial charge in [-0.1, -0.05) is 11.6 Å². The summed E-state index contributed by atoms with van der Waals surface area (Å²) in [7, 11) is 2.74. The van der Waals surface area contributed by atoms with Crippen LogP contribution in [0.1, 0.15) is 24.3 Å². The van der Waals surface area contributed by atoms with Crippen LogP contribution in [0.4, 0.5) is 0 Å². The molecule has 2 aliphatic heterocycles. The van der Waals surface area contributed by atoms with Gasteiger partial charge in [0, 0.05) is 13.0 Å². The van der Waals surface area contributed by atoms with Crippen LogP contribution in [-0.2, 0) is 19.2 Å². The SMILES string of the molecule is COc1cc([C@H]2C3=CC[C@@H]4C(=O)NC(=O)[C@@H]4[C@@H]3C[C@@]3(Cl)C(=O)N(C)C(=O)[C@@]23Cl)cc(I)c1O. The lowest BCUT2D eigenvalue weighted by atomic mass is 9.56. The van der Waals surface area contributed by atoms with Crippen molar-refractivity contribution in [1.29, 1.82) is 0 Å². The zero-order valence-corrected chi connectivity index (χ0v) is 21.2. The Morgan fingerprint density at radius 1 is 1.15 bits per heavy atom. The van der Waals surface area contributed by atoms with E-state index in [9.17, 15) is 24.3 Å². The van der Waals surface area contributed by atoms with Crippen molar-refractivity contribution in [1.82, 2.24) is 10.2 Å². The molecule has 174 valence electrons. The summed E-state index contributed by atoms with van der Waals surface area (Å²) in [4.78, 5) is 49.0. The topological polar surface area (TPSA) is 113 Å². The summed E-state index contributed by atoms with van der Waals surface area (Å²) in [5, 5.41) is 12.7. The molecule has 4 amide bonds. The minimum atomic E-state index is -1.86. The van der Waals surface area contributed by atoms with Crippen molar-refractivity contribution in [3.05, 3.63) is 32.9 Å². The molecule has 0 unspecified atom stereocenters. The smallest absolute Gasteiger partial charge is 0.253 e. The first-order valence-corrected chi connectivity index (χ1v) is 12.1. The summed E-state index contributed by atoms with van der Waals surface area (Å²) in [5.41, 5.74) is 1.21. The van der Waals surface area contributed by atoms with Crippen LogP contribution in [0, 0.1) is 21.3 Å². The summed E-state index contributed by atoms with van der Waals surface area (Å²) in [5.74, 6) is -4.65. The number of phenols is 1. The first kappa shape index (κ1) is 22.9. The fourth-order valence-electron chi connectivity index (χ4n) is 5.94. The highest BCUT2D eigenvalue weighted by Gasteiger charge is 2.75. The fraction of sp³-hybridized carbons (Fsp3) is 0.455. The third-order valence-corrected chi connectivity index (χ3v) is 9.70. The lowest BCUT2D eigenvalue weighted by Gasteiger charge is -2.50. The lowest BCUT2D eigenvalue weighted by Crippen LogP contribution is -2.60. The number of carbonyl (C=O) groups excluding carboxylic acids is 4. The third-order valence-electron chi connectivity index (χ3n) is 7.46. The molecule has 2 heterocycles. The summed E-state index contributed by atoms with van der Waals surface area (Å²) in [6.07, 6.45) is 2.10. The number of phenolic OH excluding ortho intramolecular Hbond substituents is 1. The van der Waals surface area contributed by atoms with E-state index in [1.54, 1.807) is 12.1 Å². The zero-order valence-electron chi connectivity index (χ0n) is 17.5. The fourth-order valence-corrected chi connectivity index (χ4v) is 7.59. The molecule has 0 aromatic heterocycles. The number of carbonyl (C=O) groups is 4. The molecule has 2 aliphatic carbocycles. The van der Waals surface area contributed by atoms with E-state index in [-0.39, 0.29) is 23.8 Å². The molecule has 1 aromatic rings. The molecular weight excluding hydrogens is 586 g/mol. The molecule has 4 aliphatic rings. The number of halogens is 3. The highest BCUT2D eigenvalue weighted by atomic mass is 127. The molecule has 11 heteroatoms. The molecule has 33 heavy (non-hydrogen) atoms. The Kier molecular flexibility index (Phi) is 5.09. The van der Waals surface area contributed by atoms with Gasteiger partial charge in [-0.2, -0.15) is 0 Å². The number of rotatable bonds is 2. The van der Waals surface area contributed by atoms with E-state index in [0.29, 0.717) is 21.1 Å². The number of hydrogen-bond acceptors (Lipinski definition) is 6. The number of likely N-dealkylation sites (tertiary alicyclic amines) is 1. The van der Waals surface area contributed by atoms with Crippen molar-refractivity contribution < 1.29 is 29.0 Å². The van der Waals surface area contributed by atoms with Crippen molar-refractivity contribution in [3.63, 3.8) is 0 Å². The molecule has 2 N–H and O–H groups in total. The second kappa shape index (κ2) is 7.32. The second-order valence-corrected chi connectivity index (χ2v) is 11.3. The van der Waals surface area contributed by atoms with Gasteiger partial charge >= 0.3 is 0 Å². The van der Waals surface area contributed by atoms with Gasteiger partial charge in [-0.15, -0.1) is 23.2 Å². The maximum absolute atomic E-state index is 13.4. The van der Waals surface area contributed by atoms with Crippen LogP contribution in [0.15, 0.2) is 23.8 Å². The number of allylic oxidation sites excluding steroid dienone is 2. The highest BCUT2D eigenvalue weighted by Crippen LogP contribution is 2.65. The maximum atomic E-state index is 13.4. The van der Waals surface area contributed by atoms with Crippen LogP contribution < -0.4 is 10.1 Å². The van der Waals surface area contributed by atoms with Gasteiger partial charge in [-0.05, 0) is 59.0 Å². The number of hydrogen-bond donors (Lipinski definition) is 2. The molecule has 5 rings (SSSR count). The number of methoxy groups -OCH3 is 1. The Balaban J connectivity index is 1.78. The lowest BCUT2D eigenvalue weighted by molar-refractivity contribution is -0.138. The van der Waals surface area contributed by atoms with Crippen molar-refractivity contribution in [2.24, 2.45) is 17.8 Å².